The van der Waals surface area contributed by atoms with Crippen LogP contribution in [-0.4, -0.2) is 30.1 Å². The smallest absolute Gasteiger partial charge is 0.338 e. The zero-order valence-corrected chi connectivity index (χ0v) is 25.1. The summed E-state index contributed by atoms with van der Waals surface area (Å²) in [6, 6.07) is 26.0. The number of nitrogens with one attached hydrogen (secondary N) is 1. The van der Waals surface area contributed by atoms with Crippen LogP contribution in [0, 0.1) is 5.41 Å². The van der Waals surface area contributed by atoms with Crippen molar-refractivity contribution >= 4 is 32.6 Å². The first-order chi connectivity index (χ1) is 20.7. The van der Waals surface area contributed by atoms with E-state index in [0.29, 0.717) is 42.5 Å². The van der Waals surface area contributed by atoms with E-state index in [-0.39, 0.29) is 10.7 Å². The molecule has 1 aromatic heterocycles. The fourth-order valence-corrected chi connectivity index (χ4v) is 7.73. The SMILES string of the molecule is CCCC1(CCc2ccccc2)CC(O)=C(C2(Cc3cccc(NS(=O)(=O)c4cccc5cccnc45)c3)CC2)C(=O)O1. The van der Waals surface area contributed by atoms with E-state index < -0.39 is 27.0 Å². The monoisotopic (exact) mass is 596 g/mol. The molecule has 1 aliphatic carbocycles. The topological polar surface area (TPSA) is 106 Å². The van der Waals surface area contributed by atoms with Crippen LogP contribution in [0.25, 0.3) is 10.9 Å². The maximum atomic E-state index is 13.6. The molecule has 0 amide bonds. The minimum absolute atomic E-state index is 0.109. The maximum Gasteiger partial charge on any atom is 0.338 e. The van der Waals surface area contributed by atoms with Crippen LogP contribution >= 0.6 is 0 Å². The zero-order valence-electron chi connectivity index (χ0n) is 24.3. The van der Waals surface area contributed by atoms with E-state index in [1.165, 1.54) is 5.56 Å². The molecule has 0 radical (unpaired) electrons. The van der Waals surface area contributed by atoms with Gasteiger partial charge in [-0.1, -0.05) is 74.0 Å². The summed E-state index contributed by atoms with van der Waals surface area (Å²) >= 11 is 0. The van der Waals surface area contributed by atoms with Crippen LogP contribution in [0.3, 0.4) is 0 Å². The van der Waals surface area contributed by atoms with Gasteiger partial charge in [0.25, 0.3) is 10.0 Å². The number of fused-ring (bicyclic) bond motifs is 1. The predicted molar refractivity (Wildman–Crippen MR) is 167 cm³/mol. The minimum Gasteiger partial charge on any atom is -0.512 e. The van der Waals surface area contributed by atoms with Crippen LogP contribution in [-0.2, 0) is 32.4 Å². The van der Waals surface area contributed by atoms with Crippen LogP contribution in [0.5, 0.6) is 0 Å². The van der Waals surface area contributed by atoms with Gasteiger partial charge < -0.3 is 9.84 Å². The number of pyridine rings is 1. The number of sulfonamides is 1. The summed E-state index contributed by atoms with van der Waals surface area (Å²) in [5.74, 6) is -0.293. The summed E-state index contributed by atoms with van der Waals surface area (Å²) in [6.07, 6.45) is 6.83. The summed E-state index contributed by atoms with van der Waals surface area (Å²) in [4.78, 5) is 18.0. The molecule has 43 heavy (non-hydrogen) atoms. The van der Waals surface area contributed by atoms with E-state index in [0.717, 1.165) is 36.6 Å². The quantitative estimate of drug-likeness (QED) is 0.176. The fraction of sp³-hybridized carbons (Fsp3) is 0.314. The average molecular weight is 597 g/mol. The van der Waals surface area contributed by atoms with Gasteiger partial charge in [-0.2, -0.15) is 0 Å². The second kappa shape index (κ2) is 11.5. The van der Waals surface area contributed by atoms with Crippen LogP contribution in [0.4, 0.5) is 5.69 Å². The van der Waals surface area contributed by atoms with Gasteiger partial charge in [-0.3, -0.25) is 9.71 Å². The number of nitrogens with zero attached hydrogens (tertiary/aromatic N) is 1. The lowest BCUT2D eigenvalue weighted by Crippen LogP contribution is -2.42. The molecule has 1 unspecified atom stereocenters. The van der Waals surface area contributed by atoms with E-state index in [1.54, 1.807) is 42.6 Å². The lowest BCUT2D eigenvalue weighted by atomic mass is 9.79. The highest BCUT2D eigenvalue weighted by atomic mass is 32.2. The molecule has 6 rings (SSSR count). The van der Waals surface area contributed by atoms with Crippen LogP contribution in [0.15, 0.2) is 107 Å². The van der Waals surface area contributed by atoms with Gasteiger partial charge in [-0.05, 0) is 73.9 Å². The molecule has 1 fully saturated rings. The molecule has 222 valence electrons. The van der Waals surface area contributed by atoms with Crippen molar-refractivity contribution < 1.29 is 23.1 Å². The van der Waals surface area contributed by atoms with Crippen LogP contribution in [0.1, 0.15) is 56.6 Å². The third-order valence-electron chi connectivity index (χ3n) is 8.70. The highest BCUT2D eigenvalue weighted by Crippen LogP contribution is 2.57. The number of aliphatic hydroxyl groups excluding tert-OH is 1. The number of ether oxygens (including phenoxy) is 1. The molecule has 2 aliphatic rings. The summed E-state index contributed by atoms with van der Waals surface area (Å²) < 4.78 is 35.6. The number of aliphatic hydroxyl groups is 1. The highest BCUT2D eigenvalue weighted by molar-refractivity contribution is 7.93. The minimum atomic E-state index is -3.90. The molecular formula is C35H36N2O5S. The highest BCUT2D eigenvalue weighted by Gasteiger charge is 2.54. The Balaban J connectivity index is 1.21. The Labute approximate surface area is 252 Å². The largest absolute Gasteiger partial charge is 0.512 e. The van der Waals surface area contributed by atoms with Crippen LogP contribution in [0.2, 0.25) is 0 Å². The number of esters is 1. The standard InChI is InChI=1S/C35H36N2O5S/c1-2-17-35(18-16-25-9-4-3-5-10-25)24-29(38)31(33(39)42-35)34(19-20-34)23-26-11-6-14-28(22-26)37-43(40,41)30-15-7-12-27-13-8-21-36-32(27)30/h3-15,21-22,37-38H,2,16-20,23-24H2,1H3. The summed E-state index contributed by atoms with van der Waals surface area (Å²) in [6.45, 7) is 2.06. The summed E-state index contributed by atoms with van der Waals surface area (Å²) in [7, 11) is -3.90. The Morgan fingerprint density at radius 2 is 1.67 bits per heavy atom. The second-order valence-electron chi connectivity index (χ2n) is 11.9. The van der Waals surface area contributed by atoms with Gasteiger partial charge >= 0.3 is 5.97 Å². The molecule has 2 N–H and O–H groups in total. The van der Waals surface area contributed by atoms with Gasteiger partial charge in [0.2, 0.25) is 0 Å². The Morgan fingerprint density at radius 1 is 0.930 bits per heavy atom. The molecule has 8 heteroatoms. The normalized spacial score (nSPS) is 19.7. The molecular weight excluding hydrogens is 560 g/mol. The fourth-order valence-electron chi connectivity index (χ4n) is 6.50. The van der Waals surface area contributed by atoms with Gasteiger partial charge in [-0.15, -0.1) is 0 Å². The summed E-state index contributed by atoms with van der Waals surface area (Å²) in [5.41, 5.74) is 2.02. The molecule has 0 spiro atoms. The second-order valence-corrected chi connectivity index (χ2v) is 13.6. The Morgan fingerprint density at radius 3 is 2.42 bits per heavy atom. The number of rotatable bonds is 11. The van der Waals surface area contributed by atoms with Gasteiger partial charge in [0, 0.05) is 29.1 Å². The van der Waals surface area contributed by atoms with Crippen molar-refractivity contribution in [1.82, 2.24) is 4.98 Å². The predicted octanol–water partition coefficient (Wildman–Crippen LogP) is 7.29. The number of carbonyl (C=O) groups is 1. The first-order valence-electron chi connectivity index (χ1n) is 14.9. The van der Waals surface area contributed by atoms with E-state index >= 15 is 0 Å². The van der Waals surface area contributed by atoms with Crippen molar-refractivity contribution in [2.75, 3.05) is 4.72 Å². The van der Waals surface area contributed by atoms with E-state index in [2.05, 4.69) is 28.8 Å². The van der Waals surface area contributed by atoms with Crippen molar-refractivity contribution in [2.24, 2.45) is 5.41 Å². The molecule has 7 nitrogen and oxygen atoms in total. The number of hydrogen-bond donors (Lipinski definition) is 2. The van der Waals surface area contributed by atoms with E-state index in [9.17, 15) is 18.3 Å². The van der Waals surface area contributed by atoms with Gasteiger partial charge in [-0.25, -0.2) is 13.2 Å². The first kappa shape index (κ1) is 28.9. The zero-order chi connectivity index (χ0) is 30.1. The Hall–Kier alpha value is -4.17. The van der Waals surface area contributed by atoms with Crippen molar-refractivity contribution in [3.05, 3.63) is 114 Å². The van der Waals surface area contributed by atoms with Crippen molar-refractivity contribution in [3.8, 4) is 0 Å². The first-order valence-corrected chi connectivity index (χ1v) is 16.4. The third-order valence-corrected chi connectivity index (χ3v) is 10.1. The number of aromatic nitrogens is 1. The number of anilines is 1. The molecule has 4 aromatic rings. The maximum absolute atomic E-state index is 13.6. The van der Waals surface area contributed by atoms with Gasteiger partial charge in [0.1, 0.15) is 16.3 Å². The Kier molecular flexibility index (Phi) is 7.73. The molecule has 1 aliphatic heterocycles. The molecule has 2 heterocycles. The van der Waals surface area contributed by atoms with Gasteiger partial charge in [0.15, 0.2) is 0 Å². The molecule has 0 saturated heterocycles. The number of aryl methyl sites for hydroxylation is 1. The lowest BCUT2D eigenvalue weighted by Gasteiger charge is -2.39. The number of carbonyl (C=O) groups excluding carboxylic acids is 1. The number of hydrogen-bond acceptors (Lipinski definition) is 6. The number of benzene rings is 3. The average Bonchev–Trinajstić information content (AvgIpc) is 3.75. The van der Waals surface area contributed by atoms with E-state index in [4.69, 9.17) is 4.74 Å². The number of cyclic esters (lactones) is 1. The van der Waals surface area contributed by atoms with Crippen molar-refractivity contribution in [2.45, 2.75) is 68.8 Å². The third kappa shape index (κ3) is 6.02. The molecule has 1 atom stereocenters. The number of para-hydroxylation sites is 1. The molecule has 3 aromatic carbocycles. The molecule has 1 saturated carbocycles. The summed E-state index contributed by atoms with van der Waals surface area (Å²) in [5, 5.41) is 12.1. The van der Waals surface area contributed by atoms with Crippen molar-refractivity contribution in [3.63, 3.8) is 0 Å². The Bertz CT molecular complexity index is 1790. The lowest BCUT2D eigenvalue weighted by molar-refractivity contribution is -0.161. The molecule has 0 bridgehead atoms. The van der Waals surface area contributed by atoms with E-state index in [1.807, 2.05) is 36.4 Å². The van der Waals surface area contributed by atoms with Crippen LogP contribution < -0.4 is 4.72 Å². The van der Waals surface area contributed by atoms with Crippen molar-refractivity contribution in [1.29, 1.82) is 0 Å². The van der Waals surface area contributed by atoms with Gasteiger partial charge in [0.05, 0.1) is 11.1 Å².